The zero-order valence-corrected chi connectivity index (χ0v) is 11.5. The highest BCUT2D eigenvalue weighted by Gasteiger charge is 2.16. The Bertz CT molecular complexity index is 568. The van der Waals surface area contributed by atoms with Crippen molar-refractivity contribution in [1.82, 2.24) is 0 Å². The third kappa shape index (κ3) is 2.90. The van der Waals surface area contributed by atoms with Crippen LogP contribution in [0, 0.1) is 0 Å². The van der Waals surface area contributed by atoms with Crippen molar-refractivity contribution in [3.05, 3.63) is 65.7 Å². The SMILES string of the molecule is O=C(Nc1ccc(C2CCCC2)cc1)c1ccccc1. The first kappa shape index (κ1) is 12.9. The maximum absolute atomic E-state index is 12.0. The molecule has 2 aromatic carbocycles. The van der Waals surface area contributed by atoms with Crippen LogP contribution in [0.3, 0.4) is 0 Å². The lowest BCUT2D eigenvalue weighted by molar-refractivity contribution is 0.102. The second-order valence-electron chi connectivity index (χ2n) is 5.42. The predicted molar refractivity (Wildman–Crippen MR) is 82.0 cm³/mol. The Hall–Kier alpha value is -2.09. The Kier molecular flexibility index (Phi) is 3.82. The third-order valence-corrected chi connectivity index (χ3v) is 4.03. The van der Waals surface area contributed by atoms with Crippen LogP contribution >= 0.6 is 0 Å². The summed E-state index contributed by atoms with van der Waals surface area (Å²) in [7, 11) is 0. The zero-order valence-electron chi connectivity index (χ0n) is 11.5. The van der Waals surface area contributed by atoms with Crippen LogP contribution in [0.2, 0.25) is 0 Å². The van der Waals surface area contributed by atoms with Crippen LogP contribution in [-0.2, 0) is 0 Å². The van der Waals surface area contributed by atoms with Crippen molar-refractivity contribution in [2.75, 3.05) is 5.32 Å². The third-order valence-electron chi connectivity index (χ3n) is 4.03. The van der Waals surface area contributed by atoms with E-state index in [1.54, 1.807) is 0 Å². The van der Waals surface area contributed by atoms with Gasteiger partial charge in [0.05, 0.1) is 0 Å². The van der Waals surface area contributed by atoms with Crippen molar-refractivity contribution in [1.29, 1.82) is 0 Å². The van der Waals surface area contributed by atoms with Gasteiger partial charge in [-0.1, -0.05) is 43.2 Å². The van der Waals surface area contributed by atoms with Gasteiger partial charge in [-0.2, -0.15) is 0 Å². The maximum atomic E-state index is 12.0. The molecule has 0 aromatic heterocycles. The van der Waals surface area contributed by atoms with E-state index in [0.717, 1.165) is 5.69 Å². The molecule has 0 radical (unpaired) electrons. The van der Waals surface area contributed by atoms with E-state index in [9.17, 15) is 4.79 Å². The molecule has 1 N–H and O–H groups in total. The number of benzene rings is 2. The van der Waals surface area contributed by atoms with Crippen molar-refractivity contribution < 1.29 is 4.79 Å². The molecular formula is C18H19NO. The van der Waals surface area contributed by atoms with Gasteiger partial charge >= 0.3 is 0 Å². The molecule has 1 amide bonds. The van der Waals surface area contributed by atoms with E-state index >= 15 is 0 Å². The molecule has 0 aliphatic heterocycles. The van der Waals surface area contributed by atoms with Gasteiger partial charge in [0.2, 0.25) is 0 Å². The van der Waals surface area contributed by atoms with E-state index in [0.29, 0.717) is 11.5 Å². The summed E-state index contributed by atoms with van der Waals surface area (Å²) >= 11 is 0. The average Bonchev–Trinajstić information content (AvgIpc) is 3.03. The molecule has 1 saturated carbocycles. The minimum atomic E-state index is -0.0563. The molecule has 0 bridgehead atoms. The summed E-state index contributed by atoms with van der Waals surface area (Å²) < 4.78 is 0. The number of amides is 1. The molecule has 0 heterocycles. The van der Waals surface area contributed by atoms with Crippen molar-refractivity contribution in [3.63, 3.8) is 0 Å². The second-order valence-corrected chi connectivity index (χ2v) is 5.42. The number of rotatable bonds is 3. The summed E-state index contributed by atoms with van der Waals surface area (Å²) in [6.07, 6.45) is 5.29. The summed E-state index contributed by atoms with van der Waals surface area (Å²) in [5, 5.41) is 2.94. The van der Waals surface area contributed by atoms with Crippen molar-refractivity contribution in [2.45, 2.75) is 31.6 Å². The number of carbonyl (C=O) groups excluding carboxylic acids is 1. The molecule has 0 atom stereocenters. The Morgan fingerprint density at radius 1 is 0.900 bits per heavy atom. The summed E-state index contributed by atoms with van der Waals surface area (Å²) in [5.41, 5.74) is 2.95. The number of hydrogen-bond donors (Lipinski definition) is 1. The maximum Gasteiger partial charge on any atom is 0.255 e. The molecular weight excluding hydrogens is 246 g/mol. The van der Waals surface area contributed by atoms with Crippen molar-refractivity contribution in [2.24, 2.45) is 0 Å². The van der Waals surface area contributed by atoms with E-state index in [2.05, 4.69) is 17.4 Å². The number of anilines is 1. The van der Waals surface area contributed by atoms with Crippen LogP contribution in [0.15, 0.2) is 54.6 Å². The Morgan fingerprint density at radius 3 is 2.20 bits per heavy atom. The average molecular weight is 265 g/mol. The van der Waals surface area contributed by atoms with Gasteiger partial charge < -0.3 is 5.32 Å². The van der Waals surface area contributed by atoms with Gasteiger partial charge in [-0.25, -0.2) is 0 Å². The molecule has 2 nitrogen and oxygen atoms in total. The second kappa shape index (κ2) is 5.91. The summed E-state index contributed by atoms with van der Waals surface area (Å²) in [4.78, 5) is 12.0. The fraction of sp³-hybridized carbons (Fsp3) is 0.278. The lowest BCUT2D eigenvalue weighted by Crippen LogP contribution is -2.11. The molecule has 0 unspecified atom stereocenters. The Balaban J connectivity index is 1.67. The highest BCUT2D eigenvalue weighted by atomic mass is 16.1. The zero-order chi connectivity index (χ0) is 13.8. The van der Waals surface area contributed by atoms with E-state index in [1.165, 1.54) is 31.2 Å². The molecule has 1 fully saturated rings. The molecule has 0 spiro atoms. The molecule has 3 rings (SSSR count). The fourth-order valence-corrected chi connectivity index (χ4v) is 2.89. The van der Waals surface area contributed by atoms with Crippen LogP contribution in [-0.4, -0.2) is 5.91 Å². The van der Waals surface area contributed by atoms with E-state index in [1.807, 2.05) is 42.5 Å². The molecule has 0 saturated heterocycles. The lowest BCUT2D eigenvalue weighted by atomic mass is 9.97. The Labute approximate surface area is 119 Å². The van der Waals surface area contributed by atoms with Gasteiger partial charge in [-0.05, 0) is 48.6 Å². The number of nitrogens with one attached hydrogen (secondary N) is 1. The summed E-state index contributed by atoms with van der Waals surface area (Å²) in [6.45, 7) is 0. The normalized spacial score (nSPS) is 15.2. The van der Waals surface area contributed by atoms with Crippen LogP contribution in [0.25, 0.3) is 0 Å². The first-order chi connectivity index (χ1) is 9.83. The van der Waals surface area contributed by atoms with Crippen LogP contribution in [0.4, 0.5) is 5.69 Å². The highest BCUT2D eigenvalue weighted by Crippen LogP contribution is 2.34. The van der Waals surface area contributed by atoms with Gasteiger partial charge in [0.25, 0.3) is 5.91 Å². The minimum absolute atomic E-state index is 0.0563. The van der Waals surface area contributed by atoms with Crippen LogP contribution in [0.5, 0.6) is 0 Å². The van der Waals surface area contributed by atoms with Gasteiger partial charge in [0.1, 0.15) is 0 Å². The number of hydrogen-bond acceptors (Lipinski definition) is 1. The monoisotopic (exact) mass is 265 g/mol. The van der Waals surface area contributed by atoms with E-state index in [4.69, 9.17) is 0 Å². The van der Waals surface area contributed by atoms with Crippen LogP contribution in [0.1, 0.15) is 47.5 Å². The minimum Gasteiger partial charge on any atom is -0.322 e. The van der Waals surface area contributed by atoms with Crippen LogP contribution < -0.4 is 5.32 Å². The summed E-state index contributed by atoms with van der Waals surface area (Å²) in [6, 6.07) is 17.6. The molecule has 1 aliphatic carbocycles. The van der Waals surface area contributed by atoms with E-state index < -0.39 is 0 Å². The van der Waals surface area contributed by atoms with Gasteiger partial charge in [0, 0.05) is 11.3 Å². The van der Waals surface area contributed by atoms with Gasteiger partial charge in [-0.15, -0.1) is 0 Å². The first-order valence-corrected chi connectivity index (χ1v) is 7.29. The van der Waals surface area contributed by atoms with Gasteiger partial charge in [0.15, 0.2) is 0 Å². The fourth-order valence-electron chi connectivity index (χ4n) is 2.89. The predicted octanol–water partition coefficient (Wildman–Crippen LogP) is 4.60. The highest BCUT2D eigenvalue weighted by molar-refractivity contribution is 6.04. The standard InChI is InChI=1S/C18H19NO/c20-18(16-8-2-1-3-9-16)19-17-12-10-15(11-13-17)14-6-4-5-7-14/h1-3,8-14H,4-7H2,(H,19,20). The lowest BCUT2D eigenvalue weighted by Gasteiger charge is -2.11. The first-order valence-electron chi connectivity index (χ1n) is 7.29. The molecule has 1 aliphatic rings. The van der Waals surface area contributed by atoms with Crippen molar-refractivity contribution >= 4 is 11.6 Å². The topological polar surface area (TPSA) is 29.1 Å². The molecule has 2 aromatic rings. The smallest absolute Gasteiger partial charge is 0.255 e. The molecule has 20 heavy (non-hydrogen) atoms. The summed E-state index contributed by atoms with van der Waals surface area (Å²) in [5.74, 6) is 0.660. The largest absolute Gasteiger partial charge is 0.322 e. The quantitative estimate of drug-likeness (QED) is 0.863. The Morgan fingerprint density at radius 2 is 1.55 bits per heavy atom. The molecule has 102 valence electrons. The molecule has 2 heteroatoms. The van der Waals surface area contributed by atoms with E-state index in [-0.39, 0.29) is 5.91 Å². The number of carbonyl (C=O) groups is 1. The van der Waals surface area contributed by atoms with Gasteiger partial charge in [-0.3, -0.25) is 4.79 Å². The van der Waals surface area contributed by atoms with Crippen molar-refractivity contribution in [3.8, 4) is 0 Å².